The molecule has 2 aromatic heterocycles. The molecule has 0 radical (unpaired) electrons. The van der Waals surface area contributed by atoms with E-state index in [1.54, 1.807) is 30.6 Å². The molecular weight excluding hydrogens is 470 g/mol. The summed E-state index contributed by atoms with van der Waals surface area (Å²) >= 11 is 3.08. The monoisotopic (exact) mass is 497 g/mol. The number of hydrazone groups is 1. The second-order valence-electron chi connectivity index (χ2n) is 8.25. The molecule has 1 atom stereocenters. The molecule has 1 aromatic carbocycles. The number of rotatable bonds is 7. The van der Waals surface area contributed by atoms with Crippen LogP contribution in [0.1, 0.15) is 48.0 Å². The summed E-state index contributed by atoms with van der Waals surface area (Å²) < 4.78 is 13.1. The van der Waals surface area contributed by atoms with Gasteiger partial charge in [-0.05, 0) is 42.0 Å². The standard InChI is InChI=1S/C24H27N5O3S2/c1-31-19-10-9-16(13-20(19)32-2)18-14-17(21-7-6-12-33-21)27-29(18)23(30)15-34-24-26-25-22-8-4-3-5-11-28(22)24/h6-7,9-10,12-13,18H,3-5,8,11,14-15H2,1-2H3/t18-/m0/s1. The van der Waals surface area contributed by atoms with Crippen LogP contribution in [-0.2, 0) is 17.8 Å². The summed E-state index contributed by atoms with van der Waals surface area (Å²) in [7, 11) is 3.23. The van der Waals surface area contributed by atoms with Crippen molar-refractivity contribution < 1.29 is 14.3 Å². The zero-order chi connectivity index (χ0) is 23.5. The van der Waals surface area contributed by atoms with Crippen LogP contribution < -0.4 is 9.47 Å². The molecule has 8 nitrogen and oxygen atoms in total. The van der Waals surface area contributed by atoms with Gasteiger partial charge in [-0.15, -0.1) is 21.5 Å². The van der Waals surface area contributed by atoms with E-state index in [2.05, 4.69) is 14.8 Å². The Balaban J connectivity index is 1.38. The van der Waals surface area contributed by atoms with Crippen LogP contribution in [0.4, 0.5) is 0 Å². The average molecular weight is 498 g/mol. The minimum absolute atomic E-state index is 0.0534. The lowest BCUT2D eigenvalue weighted by atomic mass is 10.0. The molecule has 5 rings (SSSR count). The van der Waals surface area contributed by atoms with Crippen LogP contribution in [-0.4, -0.2) is 51.4 Å². The number of thioether (sulfide) groups is 1. The highest BCUT2D eigenvalue weighted by molar-refractivity contribution is 7.99. The lowest BCUT2D eigenvalue weighted by Gasteiger charge is -2.22. The van der Waals surface area contributed by atoms with Crippen molar-refractivity contribution in [3.05, 3.63) is 52.0 Å². The molecule has 0 saturated carbocycles. The number of thiophene rings is 1. The summed E-state index contributed by atoms with van der Waals surface area (Å²) in [5.74, 6) is 2.52. The van der Waals surface area contributed by atoms with Gasteiger partial charge in [-0.1, -0.05) is 30.3 Å². The van der Waals surface area contributed by atoms with Crippen molar-refractivity contribution in [2.45, 2.75) is 49.8 Å². The molecule has 0 saturated heterocycles. The van der Waals surface area contributed by atoms with Gasteiger partial charge in [-0.2, -0.15) is 5.10 Å². The fourth-order valence-corrected chi connectivity index (χ4v) is 5.97. The first-order valence-corrected chi connectivity index (χ1v) is 13.2. The molecule has 3 aromatic rings. The molecule has 10 heteroatoms. The van der Waals surface area contributed by atoms with Crippen molar-refractivity contribution in [1.82, 2.24) is 19.8 Å². The van der Waals surface area contributed by atoms with Gasteiger partial charge in [0.2, 0.25) is 0 Å². The number of nitrogens with zero attached hydrogens (tertiary/aromatic N) is 5. The number of hydrogen-bond donors (Lipinski definition) is 0. The van der Waals surface area contributed by atoms with Crippen molar-refractivity contribution in [2.24, 2.45) is 5.10 Å². The number of aromatic nitrogens is 3. The predicted octanol–water partition coefficient (Wildman–Crippen LogP) is 4.55. The Bertz CT molecular complexity index is 1190. The maximum absolute atomic E-state index is 13.4. The Labute approximate surface area is 207 Å². The van der Waals surface area contributed by atoms with Gasteiger partial charge in [-0.25, -0.2) is 5.01 Å². The van der Waals surface area contributed by atoms with E-state index in [1.165, 1.54) is 18.2 Å². The fourth-order valence-electron chi connectivity index (χ4n) is 4.41. The first-order chi connectivity index (χ1) is 16.7. The summed E-state index contributed by atoms with van der Waals surface area (Å²) in [5, 5.41) is 17.9. The van der Waals surface area contributed by atoms with Gasteiger partial charge < -0.3 is 14.0 Å². The number of methoxy groups -OCH3 is 2. The SMILES string of the molecule is COc1ccc([C@@H]2CC(c3cccs3)=NN2C(=O)CSc2nnc3n2CCCCC3)cc1OC. The first-order valence-electron chi connectivity index (χ1n) is 11.4. The van der Waals surface area contributed by atoms with Crippen LogP contribution in [0.15, 0.2) is 46.0 Å². The summed E-state index contributed by atoms with van der Waals surface area (Å²) in [6, 6.07) is 9.63. The van der Waals surface area contributed by atoms with E-state index in [0.29, 0.717) is 17.9 Å². The third-order valence-corrected chi connectivity index (χ3v) is 8.03. The van der Waals surface area contributed by atoms with Crippen LogP contribution in [0.2, 0.25) is 0 Å². The Morgan fingerprint density at radius 1 is 1.15 bits per heavy atom. The number of benzene rings is 1. The fraction of sp³-hybridized carbons (Fsp3) is 0.417. The van der Waals surface area contributed by atoms with Crippen LogP contribution in [0.5, 0.6) is 11.5 Å². The second kappa shape index (κ2) is 10.2. The minimum Gasteiger partial charge on any atom is -0.493 e. The number of amides is 1. The number of carbonyl (C=O) groups is 1. The molecule has 0 spiro atoms. The van der Waals surface area contributed by atoms with E-state index in [4.69, 9.17) is 14.6 Å². The van der Waals surface area contributed by atoms with Crippen molar-refractivity contribution in [3.63, 3.8) is 0 Å². The third kappa shape index (κ3) is 4.56. The van der Waals surface area contributed by atoms with Crippen molar-refractivity contribution in [1.29, 1.82) is 0 Å². The molecule has 2 aliphatic heterocycles. The Morgan fingerprint density at radius 2 is 2.03 bits per heavy atom. The zero-order valence-electron chi connectivity index (χ0n) is 19.3. The molecule has 0 aliphatic carbocycles. The van der Waals surface area contributed by atoms with Crippen molar-refractivity contribution >= 4 is 34.7 Å². The molecule has 0 N–H and O–H groups in total. The van der Waals surface area contributed by atoms with E-state index in [1.807, 2.05) is 35.7 Å². The quantitative estimate of drug-likeness (QED) is 0.446. The number of aryl methyl sites for hydroxylation is 1. The van der Waals surface area contributed by atoms with Gasteiger partial charge in [0.15, 0.2) is 16.7 Å². The average Bonchev–Trinajstić information content (AvgIpc) is 3.59. The zero-order valence-corrected chi connectivity index (χ0v) is 20.9. The molecule has 0 unspecified atom stereocenters. The Morgan fingerprint density at radius 3 is 2.82 bits per heavy atom. The molecule has 1 amide bonds. The van der Waals surface area contributed by atoms with Gasteiger partial charge in [0.25, 0.3) is 5.91 Å². The van der Waals surface area contributed by atoms with Crippen LogP contribution in [0.25, 0.3) is 0 Å². The molecule has 4 heterocycles. The molecule has 34 heavy (non-hydrogen) atoms. The van der Waals surface area contributed by atoms with Gasteiger partial charge in [-0.3, -0.25) is 4.79 Å². The summed E-state index contributed by atoms with van der Waals surface area (Å²) in [4.78, 5) is 14.5. The number of ether oxygens (including phenoxy) is 2. The molecule has 178 valence electrons. The van der Waals surface area contributed by atoms with Crippen LogP contribution in [0.3, 0.4) is 0 Å². The highest BCUT2D eigenvalue weighted by Gasteiger charge is 2.34. The number of fused-ring (bicyclic) bond motifs is 1. The normalized spacial score (nSPS) is 17.8. The maximum Gasteiger partial charge on any atom is 0.253 e. The van der Waals surface area contributed by atoms with Crippen molar-refractivity contribution in [2.75, 3.05) is 20.0 Å². The van der Waals surface area contributed by atoms with E-state index in [9.17, 15) is 4.79 Å². The molecule has 0 bridgehead atoms. The largest absolute Gasteiger partial charge is 0.493 e. The van der Waals surface area contributed by atoms with E-state index in [0.717, 1.165) is 52.9 Å². The minimum atomic E-state index is -0.208. The van der Waals surface area contributed by atoms with E-state index >= 15 is 0 Å². The highest BCUT2D eigenvalue weighted by Crippen LogP contribution is 2.38. The first kappa shape index (κ1) is 22.9. The van der Waals surface area contributed by atoms with Crippen LogP contribution >= 0.6 is 23.1 Å². The summed E-state index contributed by atoms with van der Waals surface area (Å²) in [6.07, 6.45) is 5.06. The van der Waals surface area contributed by atoms with Crippen LogP contribution in [0, 0.1) is 0 Å². The number of carbonyl (C=O) groups excluding carboxylic acids is 1. The Kier molecular flexibility index (Phi) is 6.87. The summed E-state index contributed by atoms with van der Waals surface area (Å²) in [5.41, 5.74) is 1.88. The lowest BCUT2D eigenvalue weighted by molar-refractivity contribution is -0.130. The van der Waals surface area contributed by atoms with Gasteiger partial charge >= 0.3 is 0 Å². The highest BCUT2D eigenvalue weighted by atomic mass is 32.2. The van der Waals surface area contributed by atoms with E-state index in [-0.39, 0.29) is 17.7 Å². The maximum atomic E-state index is 13.4. The summed E-state index contributed by atoms with van der Waals surface area (Å²) in [6.45, 7) is 0.914. The van der Waals surface area contributed by atoms with Gasteiger partial charge in [0.05, 0.1) is 36.6 Å². The molecule has 2 aliphatic rings. The van der Waals surface area contributed by atoms with Crippen molar-refractivity contribution in [3.8, 4) is 11.5 Å². The van der Waals surface area contributed by atoms with E-state index < -0.39 is 0 Å². The van der Waals surface area contributed by atoms with Gasteiger partial charge in [0, 0.05) is 19.4 Å². The second-order valence-corrected chi connectivity index (χ2v) is 10.1. The third-order valence-electron chi connectivity index (χ3n) is 6.16. The van der Waals surface area contributed by atoms with Gasteiger partial charge in [0.1, 0.15) is 5.82 Å². The predicted molar refractivity (Wildman–Crippen MR) is 133 cm³/mol. The molecule has 0 fully saturated rings. The molecular formula is C24H27N5O3S2. The smallest absolute Gasteiger partial charge is 0.253 e. The topological polar surface area (TPSA) is 81.8 Å². The number of hydrogen-bond acceptors (Lipinski definition) is 8. The Hall–Kier alpha value is -2.85. The lowest BCUT2D eigenvalue weighted by Crippen LogP contribution is -2.28.